The summed E-state index contributed by atoms with van der Waals surface area (Å²) in [4.78, 5) is 30.5. The van der Waals surface area contributed by atoms with Crippen LogP contribution in [-0.4, -0.2) is 55.9 Å². The summed E-state index contributed by atoms with van der Waals surface area (Å²) in [5, 5.41) is 5.06. The van der Waals surface area contributed by atoms with E-state index in [2.05, 4.69) is 29.9 Å². The second kappa shape index (κ2) is 6.32. The van der Waals surface area contributed by atoms with Crippen LogP contribution in [0.5, 0.6) is 0 Å². The highest BCUT2D eigenvalue weighted by Crippen LogP contribution is 2.24. The summed E-state index contributed by atoms with van der Waals surface area (Å²) in [6.45, 7) is 2.23. The Hall–Kier alpha value is -3.11. The van der Waals surface area contributed by atoms with Crippen LogP contribution in [0.2, 0.25) is 0 Å². The van der Waals surface area contributed by atoms with Crippen molar-refractivity contribution in [3.8, 4) is 0 Å². The number of rotatable bonds is 3. The van der Waals surface area contributed by atoms with Crippen LogP contribution < -0.4 is 15.4 Å². The van der Waals surface area contributed by atoms with Gasteiger partial charge in [0.05, 0.1) is 11.6 Å². The average Bonchev–Trinajstić information content (AvgIpc) is 3.03. The lowest BCUT2D eigenvalue weighted by atomic mass is 10.3. The van der Waals surface area contributed by atoms with Gasteiger partial charge in [0.1, 0.15) is 17.8 Å². The Morgan fingerprint density at radius 1 is 1.15 bits per heavy atom. The third kappa shape index (κ3) is 2.85. The van der Waals surface area contributed by atoms with Crippen molar-refractivity contribution in [2.24, 2.45) is 7.05 Å². The average molecular weight is 362 g/mol. The number of halogens is 2. The Bertz CT molecular complexity index is 993. The number of fused-ring (bicyclic) bond motifs is 1. The lowest BCUT2D eigenvalue weighted by Gasteiger charge is -2.35. The van der Waals surface area contributed by atoms with E-state index in [4.69, 9.17) is 0 Å². The molecule has 1 fully saturated rings. The van der Waals surface area contributed by atoms with Crippen LogP contribution in [0, 0.1) is 0 Å². The second-order valence-electron chi connectivity index (χ2n) is 5.97. The Labute approximate surface area is 146 Å². The number of aryl methyl sites for hydroxylation is 1. The third-order valence-corrected chi connectivity index (χ3v) is 4.36. The van der Waals surface area contributed by atoms with Gasteiger partial charge in [-0.05, 0) is 0 Å². The van der Waals surface area contributed by atoms with Crippen LogP contribution in [0.4, 0.5) is 20.5 Å². The summed E-state index contributed by atoms with van der Waals surface area (Å²) in [5.74, 6) is 0.951. The molecule has 26 heavy (non-hydrogen) atoms. The molecule has 3 aromatic rings. The molecule has 0 unspecified atom stereocenters. The first-order chi connectivity index (χ1) is 12.5. The van der Waals surface area contributed by atoms with E-state index in [1.165, 1.54) is 6.33 Å². The van der Waals surface area contributed by atoms with E-state index in [0.717, 1.165) is 22.9 Å². The van der Waals surface area contributed by atoms with Crippen molar-refractivity contribution in [3.05, 3.63) is 34.6 Å². The molecule has 0 amide bonds. The van der Waals surface area contributed by atoms with Gasteiger partial charge < -0.3 is 9.80 Å². The van der Waals surface area contributed by atoms with E-state index in [1.54, 1.807) is 15.8 Å². The molecular weight excluding hydrogens is 346 g/mol. The van der Waals surface area contributed by atoms with Crippen molar-refractivity contribution in [1.29, 1.82) is 0 Å². The minimum Gasteiger partial charge on any atom is -0.352 e. The molecule has 0 bridgehead atoms. The SMILES string of the molecule is Cn1ncc2c(N3CCN(c4nc(C(F)F)cc(=O)[nH]4)CC3)ncnc21. The van der Waals surface area contributed by atoms with Gasteiger partial charge in [0.2, 0.25) is 5.95 Å². The topological polar surface area (TPSA) is 95.8 Å². The van der Waals surface area contributed by atoms with Crippen LogP contribution in [0.3, 0.4) is 0 Å². The number of piperazine rings is 1. The van der Waals surface area contributed by atoms with Gasteiger partial charge in [-0.15, -0.1) is 0 Å². The van der Waals surface area contributed by atoms with Gasteiger partial charge >= 0.3 is 0 Å². The van der Waals surface area contributed by atoms with E-state index >= 15 is 0 Å². The maximum absolute atomic E-state index is 12.9. The number of H-pyrrole nitrogens is 1. The Morgan fingerprint density at radius 2 is 1.88 bits per heavy atom. The summed E-state index contributed by atoms with van der Waals surface area (Å²) in [6.07, 6.45) is 0.441. The van der Waals surface area contributed by atoms with Crippen LogP contribution in [0.15, 0.2) is 23.4 Å². The van der Waals surface area contributed by atoms with Crippen LogP contribution in [0.25, 0.3) is 11.0 Å². The first-order valence-electron chi connectivity index (χ1n) is 8.05. The molecule has 11 heteroatoms. The van der Waals surface area contributed by atoms with Crippen molar-refractivity contribution in [2.75, 3.05) is 36.0 Å². The molecule has 1 aliphatic rings. The number of hydrogen-bond acceptors (Lipinski definition) is 7. The number of alkyl halides is 2. The molecule has 0 saturated carbocycles. The first-order valence-corrected chi connectivity index (χ1v) is 8.05. The molecular formula is C15H16F2N8O. The molecule has 1 N–H and O–H groups in total. The molecule has 4 rings (SSSR count). The van der Waals surface area contributed by atoms with Crippen LogP contribution >= 0.6 is 0 Å². The van der Waals surface area contributed by atoms with E-state index in [-0.39, 0.29) is 5.95 Å². The predicted octanol–water partition coefficient (Wildman–Crippen LogP) is 0.711. The quantitative estimate of drug-likeness (QED) is 0.733. The highest BCUT2D eigenvalue weighted by atomic mass is 19.3. The largest absolute Gasteiger partial charge is 0.352 e. The Balaban J connectivity index is 1.55. The summed E-state index contributed by atoms with van der Waals surface area (Å²) in [5.41, 5.74) is -0.354. The molecule has 0 atom stereocenters. The van der Waals surface area contributed by atoms with Crippen molar-refractivity contribution >= 4 is 22.8 Å². The van der Waals surface area contributed by atoms with Gasteiger partial charge in [-0.2, -0.15) is 5.10 Å². The normalized spacial score (nSPS) is 15.2. The summed E-state index contributed by atoms with van der Waals surface area (Å²) < 4.78 is 27.4. The Morgan fingerprint density at radius 3 is 2.62 bits per heavy atom. The molecule has 4 heterocycles. The molecule has 0 spiro atoms. The molecule has 0 aromatic carbocycles. The summed E-state index contributed by atoms with van der Waals surface area (Å²) >= 11 is 0. The molecule has 3 aromatic heterocycles. The third-order valence-electron chi connectivity index (χ3n) is 4.36. The van der Waals surface area contributed by atoms with Crippen molar-refractivity contribution in [2.45, 2.75) is 6.43 Å². The van der Waals surface area contributed by atoms with Crippen molar-refractivity contribution in [3.63, 3.8) is 0 Å². The highest BCUT2D eigenvalue weighted by Gasteiger charge is 2.23. The fourth-order valence-corrected chi connectivity index (χ4v) is 3.06. The molecule has 136 valence electrons. The number of anilines is 2. The van der Waals surface area contributed by atoms with Crippen molar-refractivity contribution in [1.82, 2.24) is 29.7 Å². The monoisotopic (exact) mass is 362 g/mol. The lowest BCUT2D eigenvalue weighted by Crippen LogP contribution is -2.47. The van der Waals surface area contributed by atoms with Crippen molar-refractivity contribution < 1.29 is 8.78 Å². The Kier molecular flexibility index (Phi) is 3.98. The highest BCUT2D eigenvalue weighted by molar-refractivity contribution is 5.86. The van der Waals surface area contributed by atoms with Crippen LogP contribution in [0.1, 0.15) is 12.1 Å². The van der Waals surface area contributed by atoms with Crippen LogP contribution in [-0.2, 0) is 7.05 Å². The zero-order valence-electron chi connectivity index (χ0n) is 13.9. The maximum Gasteiger partial charge on any atom is 0.280 e. The fraction of sp³-hybridized carbons (Fsp3) is 0.400. The molecule has 0 radical (unpaired) electrons. The molecule has 9 nitrogen and oxygen atoms in total. The minimum absolute atomic E-state index is 0.168. The van der Waals surface area contributed by atoms with Gasteiger partial charge in [-0.1, -0.05) is 0 Å². The standard InChI is InChI=1S/C15H16F2N8O/c1-23-13-9(7-20-23)14(19-8-18-13)24-2-4-25(5-3-24)15-21-10(12(16)17)6-11(26)22-15/h6-8,12H,2-5H2,1H3,(H,21,22,26). The van der Waals surface area contributed by atoms with E-state index in [0.29, 0.717) is 26.2 Å². The number of nitrogens with one attached hydrogen (secondary N) is 1. The number of aromatic nitrogens is 6. The summed E-state index contributed by atoms with van der Waals surface area (Å²) in [7, 11) is 1.81. The predicted molar refractivity (Wildman–Crippen MR) is 90.5 cm³/mol. The lowest BCUT2D eigenvalue weighted by molar-refractivity contribution is 0.146. The van der Waals surface area contributed by atoms with Gasteiger partial charge in [-0.3, -0.25) is 14.5 Å². The van der Waals surface area contributed by atoms with E-state index in [9.17, 15) is 13.6 Å². The zero-order valence-corrected chi connectivity index (χ0v) is 13.9. The smallest absolute Gasteiger partial charge is 0.280 e. The first kappa shape index (κ1) is 16.4. The maximum atomic E-state index is 12.9. The van der Waals surface area contributed by atoms with Gasteiger partial charge in [0.25, 0.3) is 12.0 Å². The second-order valence-corrected chi connectivity index (χ2v) is 5.97. The summed E-state index contributed by atoms with van der Waals surface area (Å²) in [6, 6.07) is 0.824. The van der Waals surface area contributed by atoms with Gasteiger partial charge in [0, 0.05) is 39.3 Å². The van der Waals surface area contributed by atoms with E-state index in [1.807, 2.05) is 7.05 Å². The number of nitrogens with zero attached hydrogens (tertiary/aromatic N) is 7. The van der Waals surface area contributed by atoms with Gasteiger partial charge in [0.15, 0.2) is 5.65 Å². The fourth-order valence-electron chi connectivity index (χ4n) is 3.06. The van der Waals surface area contributed by atoms with Gasteiger partial charge in [-0.25, -0.2) is 23.7 Å². The molecule has 1 aliphatic heterocycles. The van der Waals surface area contributed by atoms with E-state index < -0.39 is 17.7 Å². The number of hydrogen-bond donors (Lipinski definition) is 1. The molecule has 0 aliphatic carbocycles. The minimum atomic E-state index is -2.78. The molecule has 1 saturated heterocycles. The zero-order chi connectivity index (χ0) is 18.3. The number of aromatic amines is 1.